The standard InChI is InChI=1S/C28H31Cl2F3N4O/c1-34-11-3-12-35-13-10-22(18-36-27(38)37-26-16-24(29)15-25(30)17-26)21-5-2-4-20(14-21)19-6-8-23(9-7-19)28(31,32)33/h2,4-9,14-17,22,34-35H,3,10-13,18H2,1H3,(H2,36,37,38). The van der Waals surface area contributed by atoms with E-state index in [1.54, 1.807) is 18.2 Å². The van der Waals surface area contributed by atoms with Crippen molar-refractivity contribution in [2.45, 2.75) is 24.9 Å². The SMILES string of the molecule is CNCCCNCCC(CNC(=O)Nc1cc(Cl)cc(Cl)c1)c1cccc(-c2ccc(C(F)(F)F)cc2)c1. The molecule has 1 atom stereocenters. The number of nitrogens with one attached hydrogen (secondary N) is 4. The number of anilines is 1. The van der Waals surface area contributed by atoms with Crippen molar-refractivity contribution in [2.24, 2.45) is 0 Å². The van der Waals surface area contributed by atoms with Crippen LogP contribution in [0.5, 0.6) is 0 Å². The van der Waals surface area contributed by atoms with Gasteiger partial charge in [-0.05, 0) is 86.5 Å². The summed E-state index contributed by atoms with van der Waals surface area (Å²) in [5.74, 6) is -0.0325. The fourth-order valence-electron chi connectivity index (χ4n) is 4.02. The van der Waals surface area contributed by atoms with E-state index in [1.807, 2.05) is 31.3 Å². The molecule has 0 saturated heterocycles. The molecule has 2 amide bonds. The van der Waals surface area contributed by atoms with Gasteiger partial charge in [-0.1, -0.05) is 59.6 Å². The second-order valence-electron chi connectivity index (χ2n) is 8.89. The summed E-state index contributed by atoms with van der Waals surface area (Å²) in [6.45, 7) is 2.88. The zero-order chi connectivity index (χ0) is 27.5. The van der Waals surface area contributed by atoms with Crippen LogP contribution in [-0.4, -0.2) is 39.3 Å². The molecule has 1 unspecified atom stereocenters. The molecule has 3 rings (SSSR count). The molecule has 0 aliphatic heterocycles. The lowest BCUT2D eigenvalue weighted by atomic mass is 9.92. The van der Waals surface area contributed by atoms with Gasteiger partial charge in [0.05, 0.1) is 5.56 Å². The summed E-state index contributed by atoms with van der Waals surface area (Å²) in [6, 6.07) is 17.2. The normalized spacial score (nSPS) is 12.3. The Morgan fingerprint density at radius 1 is 0.895 bits per heavy atom. The van der Waals surface area contributed by atoms with Crippen LogP contribution < -0.4 is 21.3 Å². The Kier molecular flexibility index (Phi) is 11.3. The van der Waals surface area contributed by atoms with Crippen molar-refractivity contribution >= 4 is 34.9 Å². The highest BCUT2D eigenvalue weighted by Gasteiger charge is 2.30. The van der Waals surface area contributed by atoms with E-state index >= 15 is 0 Å². The minimum atomic E-state index is -4.38. The maximum Gasteiger partial charge on any atom is 0.416 e. The van der Waals surface area contributed by atoms with E-state index in [1.165, 1.54) is 12.1 Å². The summed E-state index contributed by atoms with van der Waals surface area (Å²) < 4.78 is 38.9. The number of amides is 2. The molecule has 0 bridgehead atoms. The molecule has 3 aromatic carbocycles. The van der Waals surface area contributed by atoms with Gasteiger partial charge in [0.25, 0.3) is 0 Å². The second-order valence-corrected chi connectivity index (χ2v) is 9.76. The first kappa shape index (κ1) is 29.8. The number of hydrogen-bond donors (Lipinski definition) is 4. The van der Waals surface area contributed by atoms with Crippen molar-refractivity contribution < 1.29 is 18.0 Å². The third kappa shape index (κ3) is 9.51. The number of alkyl halides is 3. The maximum absolute atomic E-state index is 13.0. The Balaban J connectivity index is 1.71. The fourth-order valence-corrected chi connectivity index (χ4v) is 4.55. The number of benzene rings is 3. The molecule has 38 heavy (non-hydrogen) atoms. The first-order chi connectivity index (χ1) is 18.2. The van der Waals surface area contributed by atoms with Gasteiger partial charge in [-0.15, -0.1) is 0 Å². The average Bonchev–Trinajstić information content (AvgIpc) is 2.87. The van der Waals surface area contributed by atoms with Crippen LogP contribution in [0.25, 0.3) is 11.1 Å². The van der Waals surface area contributed by atoms with Crippen molar-refractivity contribution in [2.75, 3.05) is 38.5 Å². The molecule has 0 aliphatic rings. The molecule has 0 aliphatic carbocycles. The van der Waals surface area contributed by atoms with Crippen LogP contribution in [0.4, 0.5) is 23.7 Å². The minimum Gasteiger partial charge on any atom is -0.337 e. The first-order valence-corrected chi connectivity index (χ1v) is 13.0. The van der Waals surface area contributed by atoms with E-state index in [0.29, 0.717) is 27.8 Å². The van der Waals surface area contributed by atoms with Crippen LogP contribution in [0, 0.1) is 0 Å². The van der Waals surface area contributed by atoms with Gasteiger partial charge in [0, 0.05) is 28.2 Å². The Morgan fingerprint density at radius 2 is 1.61 bits per heavy atom. The van der Waals surface area contributed by atoms with Crippen molar-refractivity contribution in [3.05, 3.63) is 87.9 Å². The zero-order valence-electron chi connectivity index (χ0n) is 21.0. The van der Waals surface area contributed by atoms with Crippen molar-refractivity contribution in [1.82, 2.24) is 16.0 Å². The van der Waals surface area contributed by atoms with E-state index in [4.69, 9.17) is 23.2 Å². The van der Waals surface area contributed by atoms with Crippen molar-refractivity contribution in [3.63, 3.8) is 0 Å². The van der Waals surface area contributed by atoms with Crippen LogP contribution in [0.1, 0.15) is 29.9 Å². The number of carbonyl (C=O) groups is 1. The van der Waals surface area contributed by atoms with Gasteiger partial charge in [-0.2, -0.15) is 13.2 Å². The lowest BCUT2D eigenvalue weighted by molar-refractivity contribution is -0.137. The smallest absolute Gasteiger partial charge is 0.337 e. The molecule has 0 radical (unpaired) electrons. The molecule has 4 N–H and O–H groups in total. The van der Waals surface area contributed by atoms with E-state index in [-0.39, 0.29) is 5.92 Å². The second kappa shape index (κ2) is 14.4. The molecule has 0 heterocycles. The average molecular weight is 567 g/mol. The predicted octanol–water partition coefficient (Wildman–Crippen LogP) is 7.17. The lowest BCUT2D eigenvalue weighted by Crippen LogP contribution is -2.33. The Bertz CT molecular complexity index is 1170. The predicted molar refractivity (Wildman–Crippen MR) is 149 cm³/mol. The number of hydrogen-bond acceptors (Lipinski definition) is 3. The van der Waals surface area contributed by atoms with Gasteiger partial charge in [0.1, 0.15) is 0 Å². The van der Waals surface area contributed by atoms with Crippen molar-refractivity contribution in [3.8, 4) is 11.1 Å². The molecule has 3 aromatic rings. The Hall–Kier alpha value is -2.78. The van der Waals surface area contributed by atoms with Crippen LogP contribution >= 0.6 is 23.2 Å². The molecule has 0 fully saturated rings. The molecule has 5 nitrogen and oxygen atoms in total. The summed E-state index contributed by atoms with van der Waals surface area (Å²) in [5.41, 5.74) is 2.27. The topological polar surface area (TPSA) is 65.2 Å². The number of urea groups is 1. The van der Waals surface area contributed by atoms with E-state index in [0.717, 1.165) is 55.7 Å². The summed E-state index contributed by atoms with van der Waals surface area (Å²) in [4.78, 5) is 12.6. The van der Waals surface area contributed by atoms with Gasteiger partial charge in [0.2, 0.25) is 0 Å². The van der Waals surface area contributed by atoms with E-state index in [2.05, 4.69) is 21.3 Å². The molecule has 0 aromatic heterocycles. The van der Waals surface area contributed by atoms with E-state index in [9.17, 15) is 18.0 Å². The molecular formula is C28H31Cl2F3N4O. The summed E-state index contributed by atoms with van der Waals surface area (Å²) in [6.07, 6.45) is -2.64. The Morgan fingerprint density at radius 3 is 2.26 bits per heavy atom. The highest BCUT2D eigenvalue weighted by Crippen LogP contribution is 2.32. The largest absolute Gasteiger partial charge is 0.416 e. The van der Waals surface area contributed by atoms with Crippen LogP contribution in [0.15, 0.2) is 66.7 Å². The van der Waals surface area contributed by atoms with Crippen molar-refractivity contribution in [1.29, 1.82) is 0 Å². The number of carbonyl (C=O) groups excluding carboxylic acids is 1. The van der Waals surface area contributed by atoms with Crippen LogP contribution in [0.2, 0.25) is 10.0 Å². The summed E-state index contributed by atoms with van der Waals surface area (Å²) in [5, 5.41) is 13.0. The van der Waals surface area contributed by atoms with Gasteiger partial charge in [-0.25, -0.2) is 4.79 Å². The highest BCUT2D eigenvalue weighted by atomic mass is 35.5. The zero-order valence-corrected chi connectivity index (χ0v) is 22.5. The summed E-state index contributed by atoms with van der Waals surface area (Å²) in [7, 11) is 1.91. The third-order valence-corrected chi connectivity index (χ3v) is 6.42. The molecule has 10 heteroatoms. The fraction of sp³-hybridized carbons (Fsp3) is 0.321. The summed E-state index contributed by atoms with van der Waals surface area (Å²) >= 11 is 12.0. The molecular weight excluding hydrogens is 536 g/mol. The van der Waals surface area contributed by atoms with E-state index < -0.39 is 17.8 Å². The Labute approximate surface area is 231 Å². The van der Waals surface area contributed by atoms with Gasteiger partial charge in [0.15, 0.2) is 0 Å². The maximum atomic E-state index is 13.0. The lowest BCUT2D eigenvalue weighted by Gasteiger charge is -2.20. The number of halogens is 5. The molecule has 0 saturated carbocycles. The van der Waals surface area contributed by atoms with Gasteiger partial charge in [-0.3, -0.25) is 0 Å². The quantitative estimate of drug-likeness (QED) is 0.176. The first-order valence-electron chi connectivity index (χ1n) is 12.3. The van der Waals surface area contributed by atoms with Crippen LogP contribution in [-0.2, 0) is 6.18 Å². The molecule has 204 valence electrons. The minimum absolute atomic E-state index is 0.0325. The monoisotopic (exact) mass is 566 g/mol. The highest BCUT2D eigenvalue weighted by molar-refractivity contribution is 6.35. The van der Waals surface area contributed by atoms with Gasteiger partial charge >= 0.3 is 12.2 Å². The van der Waals surface area contributed by atoms with Crippen LogP contribution in [0.3, 0.4) is 0 Å². The number of rotatable bonds is 12. The van der Waals surface area contributed by atoms with Gasteiger partial charge < -0.3 is 21.3 Å². The molecule has 0 spiro atoms. The third-order valence-electron chi connectivity index (χ3n) is 5.98.